The third-order valence-electron chi connectivity index (χ3n) is 3.89. The van der Waals surface area contributed by atoms with Crippen LogP contribution in [-0.4, -0.2) is 6.04 Å². The molecule has 1 fully saturated rings. The molecule has 0 radical (unpaired) electrons. The fourth-order valence-corrected chi connectivity index (χ4v) is 2.79. The molecule has 3 unspecified atom stereocenters. The summed E-state index contributed by atoms with van der Waals surface area (Å²) < 4.78 is 0. The Morgan fingerprint density at radius 3 is 2.56 bits per heavy atom. The number of hydrogen-bond donors (Lipinski definition) is 1. The lowest BCUT2D eigenvalue weighted by Gasteiger charge is -2.25. The van der Waals surface area contributed by atoms with E-state index < -0.39 is 0 Å². The van der Waals surface area contributed by atoms with Crippen LogP contribution in [0.1, 0.15) is 51.1 Å². The van der Waals surface area contributed by atoms with E-state index in [9.17, 15) is 0 Å². The van der Waals surface area contributed by atoms with Crippen LogP contribution >= 0.6 is 0 Å². The summed E-state index contributed by atoms with van der Waals surface area (Å²) in [7, 11) is 0. The Morgan fingerprint density at radius 2 is 2.00 bits per heavy atom. The summed E-state index contributed by atoms with van der Waals surface area (Å²) >= 11 is 0. The van der Waals surface area contributed by atoms with Crippen molar-refractivity contribution in [2.75, 3.05) is 0 Å². The van der Waals surface area contributed by atoms with Gasteiger partial charge in [0.1, 0.15) is 0 Å². The SMILES string of the molecule is CCC(NC1CCCC1C)c1ccccc1. The largest absolute Gasteiger partial charge is 0.307 e. The summed E-state index contributed by atoms with van der Waals surface area (Å²) in [4.78, 5) is 0. The smallest absolute Gasteiger partial charge is 0.0320 e. The zero-order valence-electron chi connectivity index (χ0n) is 10.4. The van der Waals surface area contributed by atoms with Crippen molar-refractivity contribution in [2.45, 2.75) is 51.6 Å². The van der Waals surface area contributed by atoms with Gasteiger partial charge in [-0.05, 0) is 30.7 Å². The molecule has 1 aromatic rings. The molecule has 1 nitrogen and oxygen atoms in total. The van der Waals surface area contributed by atoms with E-state index in [2.05, 4.69) is 49.5 Å². The molecule has 0 saturated heterocycles. The molecule has 1 heteroatoms. The van der Waals surface area contributed by atoms with Gasteiger partial charge in [-0.25, -0.2) is 0 Å². The van der Waals surface area contributed by atoms with Gasteiger partial charge in [-0.3, -0.25) is 0 Å². The normalized spacial score (nSPS) is 26.9. The minimum Gasteiger partial charge on any atom is -0.307 e. The minimum absolute atomic E-state index is 0.534. The highest BCUT2D eigenvalue weighted by Crippen LogP contribution is 2.28. The van der Waals surface area contributed by atoms with E-state index in [-0.39, 0.29) is 0 Å². The number of benzene rings is 1. The molecule has 0 spiro atoms. The van der Waals surface area contributed by atoms with Crippen LogP contribution in [0.15, 0.2) is 30.3 Å². The molecule has 0 heterocycles. The summed E-state index contributed by atoms with van der Waals surface area (Å²) in [6.45, 7) is 4.65. The monoisotopic (exact) mass is 217 g/mol. The Hall–Kier alpha value is -0.820. The van der Waals surface area contributed by atoms with Crippen molar-refractivity contribution in [3.8, 4) is 0 Å². The van der Waals surface area contributed by atoms with Crippen LogP contribution in [0.3, 0.4) is 0 Å². The van der Waals surface area contributed by atoms with Crippen LogP contribution in [0, 0.1) is 5.92 Å². The molecule has 0 aromatic heterocycles. The maximum absolute atomic E-state index is 3.83. The van der Waals surface area contributed by atoms with Crippen molar-refractivity contribution in [2.24, 2.45) is 5.92 Å². The lowest BCUT2D eigenvalue weighted by atomic mass is 10.0. The molecular weight excluding hydrogens is 194 g/mol. The van der Waals surface area contributed by atoms with Gasteiger partial charge in [-0.1, -0.05) is 50.6 Å². The van der Waals surface area contributed by atoms with Gasteiger partial charge in [0.25, 0.3) is 0 Å². The molecule has 0 aliphatic heterocycles. The molecule has 0 bridgehead atoms. The quantitative estimate of drug-likeness (QED) is 0.806. The third-order valence-corrected chi connectivity index (χ3v) is 3.89. The number of rotatable bonds is 4. The van der Waals surface area contributed by atoms with E-state index in [0.717, 1.165) is 12.0 Å². The summed E-state index contributed by atoms with van der Waals surface area (Å²) in [6.07, 6.45) is 5.31. The highest BCUT2D eigenvalue weighted by atomic mass is 15.0. The van der Waals surface area contributed by atoms with Gasteiger partial charge in [-0.15, -0.1) is 0 Å². The molecule has 1 aliphatic carbocycles. The van der Waals surface area contributed by atoms with Crippen molar-refractivity contribution in [1.29, 1.82) is 0 Å². The van der Waals surface area contributed by atoms with E-state index in [1.54, 1.807) is 0 Å². The summed E-state index contributed by atoms with van der Waals surface area (Å²) in [6, 6.07) is 12.1. The molecule has 1 aliphatic rings. The first-order valence-electron chi connectivity index (χ1n) is 6.62. The van der Waals surface area contributed by atoms with Gasteiger partial charge >= 0.3 is 0 Å². The molecule has 2 rings (SSSR count). The Morgan fingerprint density at radius 1 is 1.25 bits per heavy atom. The van der Waals surface area contributed by atoms with Crippen molar-refractivity contribution in [3.05, 3.63) is 35.9 Å². The van der Waals surface area contributed by atoms with Crippen molar-refractivity contribution < 1.29 is 0 Å². The Bertz CT molecular complexity index is 306. The van der Waals surface area contributed by atoms with Gasteiger partial charge in [0.05, 0.1) is 0 Å². The molecule has 88 valence electrons. The zero-order valence-corrected chi connectivity index (χ0v) is 10.4. The van der Waals surface area contributed by atoms with Gasteiger partial charge in [0.15, 0.2) is 0 Å². The highest BCUT2D eigenvalue weighted by Gasteiger charge is 2.25. The molecule has 1 saturated carbocycles. The predicted molar refractivity (Wildman–Crippen MR) is 69.4 cm³/mol. The van der Waals surface area contributed by atoms with E-state index in [4.69, 9.17) is 0 Å². The fourth-order valence-electron chi connectivity index (χ4n) is 2.79. The second-order valence-electron chi connectivity index (χ2n) is 5.05. The number of hydrogen-bond acceptors (Lipinski definition) is 1. The van der Waals surface area contributed by atoms with Crippen LogP contribution in [-0.2, 0) is 0 Å². The second kappa shape index (κ2) is 5.49. The Balaban J connectivity index is 2.00. The molecular formula is C15H23N. The molecule has 1 N–H and O–H groups in total. The minimum atomic E-state index is 0.534. The summed E-state index contributed by atoms with van der Waals surface area (Å²) in [5.74, 6) is 0.845. The van der Waals surface area contributed by atoms with Crippen LogP contribution in [0.25, 0.3) is 0 Å². The first kappa shape index (κ1) is 11.7. The fraction of sp³-hybridized carbons (Fsp3) is 0.600. The molecule has 0 amide bonds. The lowest BCUT2D eigenvalue weighted by molar-refractivity contribution is 0.370. The van der Waals surface area contributed by atoms with Gasteiger partial charge in [0, 0.05) is 12.1 Å². The first-order valence-corrected chi connectivity index (χ1v) is 6.62. The molecule has 3 atom stereocenters. The third kappa shape index (κ3) is 2.65. The van der Waals surface area contributed by atoms with Crippen LogP contribution < -0.4 is 5.32 Å². The van der Waals surface area contributed by atoms with E-state index in [1.807, 2.05) is 0 Å². The maximum Gasteiger partial charge on any atom is 0.0320 e. The predicted octanol–water partition coefficient (Wildman–Crippen LogP) is 3.92. The topological polar surface area (TPSA) is 12.0 Å². The summed E-state index contributed by atoms with van der Waals surface area (Å²) in [5.41, 5.74) is 1.43. The van der Waals surface area contributed by atoms with Crippen molar-refractivity contribution in [1.82, 2.24) is 5.32 Å². The van der Waals surface area contributed by atoms with Crippen LogP contribution in [0.5, 0.6) is 0 Å². The van der Waals surface area contributed by atoms with Gasteiger partial charge in [-0.2, -0.15) is 0 Å². The van der Waals surface area contributed by atoms with E-state index in [0.29, 0.717) is 6.04 Å². The Labute approximate surface area is 99.3 Å². The second-order valence-corrected chi connectivity index (χ2v) is 5.05. The Kier molecular flexibility index (Phi) is 4.00. The standard InChI is InChI=1S/C15H23N/c1-3-14(13-9-5-4-6-10-13)16-15-11-7-8-12(15)2/h4-6,9-10,12,14-16H,3,7-8,11H2,1-2H3. The average Bonchev–Trinajstić information content (AvgIpc) is 2.73. The van der Waals surface area contributed by atoms with E-state index >= 15 is 0 Å². The first-order chi connectivity index (χ1) is 7.81. The van der Waals surface area contributed by atoms with Gasteiger partial charge in [0.2, 0.25) is 0 Å². The molecule has 1 aromatic carbocycles. The van der Waals surface area contributed by atoms with Crippen LogP contribution in [0.2, 0.25) is 0 Å². The van der Waals surface area contributed by atoms with Crippen molar-refractivity contribution >= 4 is 0 Å². The van der Waals surface area contributed by atoms with Gasteiger partial charge < -0.3 is 5.32 Å². The van der Waals surface area contributed by atoms with E-state index in [1.165, 1.54) is 31.2 Å². The zero-order chi connectivity index (χ0) is 11.4. The lowest BCUT2D eigenvalue weighted by Crippen LogP contribution is -2.34. The maximum atomic E-state index is 3.83. The molecule has 16 heavy (non-hydrogen) atoms. The van der Waals surface area contributed by atoms with Crippen molar-refractivity contribution in [3.63, 3.8) is 0 Å². The van der Waals surface area contributed by atoms with Crippen LogP contribution in [0.4, 0.5) is 0 Å². The number of nitrogens with one attached hydrogen (secondary N) is 1. The highest BCUT2D eigenvalue weighted by molar-refractivity contribution is 5.19. The summed E-state index contributed by atoms with van der Waals surface area (Å²) in [5, 5.41) is 3.83. The average molecular weight is 217 g/mol.